The maximum absolute atomic E-state index is 13.1. The van der Waals surface area contributed by atoms with Crippen molar-refractivity contribution in [2.75, 3.05) is 0 Å². The molecule has 1 aromatic rings. The summed E-state index contributed by atoms with van der Waals surface area (Å²) in [5.74, 6) is 0.804. The molecule has 0 saturated carbocycles. The largest absolute Gasteiger partial charge is 0.300 e. The quantitative estimate of drug-likeness (QED) is 0.215. The number of fused-ring (bicyclic) bond motifs is 1. The van der Waals surface area contributed by atoms with Gasteiger partial charge in [-0.1, -0.05) is 78.9 Å². The third-order valence-electron chi connectivity index (χ3n) is 7.05. The lowest BCUT2D eigenvalue weighted by Crippen LogP contribution is -2.30. The van der Waals surface area contributed by atoms with Crippen LogP contribution in [0.25, 0.3) is 0 Å². The predicted octanol–water partition coefficient (Wildman–Crippen LogP) is 8.27. The van der Waals surface area contributed by atoms with Gasteiger partial charge in [-0.25, -0.2) is 0 Å². The highest BCUT2D eigenvalue weighted by atomic mass is 16.1. The van der Waals surface area contributed by atoms with E-state index >= 15 is 0 Å². The highest BCUT2D eigenvalue weighted by Crippen LogP contribution is 2.37. The van der Waals surface area contributed by atoms with E-state index in [9.17, 15) is 14.4 Å². The summed E-state index contributed by atoms with van der Waals surface area (Å²) in [5.41, 5.74) is 4.69. The Morgan fingerprint density at radius 3 is 2.24 bits per heavy atom. The van der Waals surface area contributed by atoms with Crippen molar-refractivity contribution in [1.29, 1.82) is 0 Å². The first kappa shape index (κ1) is 30.3. The number of carbonyl (C=O) groups is 3. The fraction of sp³-hybridized carbons (Fsp3) is 0.710. The van der Waals surface area contributed by atoms with Crippen molar-refractivity contribution in [2.24, 2.45) is 17.8 Å². The fourth-order valence-corrected chi connectivity index (χ4v) is 5.60. The predicted molar refractivity (Wildman–Crippen MR) is 144 cm³/mol. The van der Waals surface area contributed by atoms with Crippen LogP contribution in [0, 0.1) is 24.7 Å². The van der Waals surface area contributed by atoms with Crippen LogP contribution in [0.1, 0.15) is 133 Å². The normalized spacial score (nSPS) is 16.8. The minimum Gasteiger partial charge on any atom is -0.300 e. The molecule has 0 radical (unpaired) electrons. The third-order valence-corrected chi connectivity index (χ3v) is 7.05. The molecule has 0 N–H and O–H groups in total. The van der Waals surface area contributed by atoms with Crippen molar-refractivity contribution in [3.8, 4) is 0 Å². The lowest BCUT2D eigenvalue weighted by atomic mass is 9.71. The number of benzene rings is 1. The molecule has 0 aliphatic heterocycles. The molecular weight excluding hydrogens is 420 g/mol. The van der Waals surface area contributed by atoms with Crippen LogP contribution in [0.5, 0.6) is 0 Å². The molecule has 1 aromatic carbocycles. The zero-order valence-electron chi connectivity index (χ0n) is 23.1. The zero-order valence-corrected chi connectivity index (χ0v) is 23.1. The monoisotopic (exact) mass is 470 g/mol. The molecule has 0 spiro atoms. The van der Waals surface area contributed by atoms with Crippen LogP contribution < -0.4 is 0 Å². The second kappa shape index (κ2) is 16.0. The molecule has 0 heterocycles. The number of hydrogen-bond acceptors (Lipinski definition) is 3. The summed E-state index contributed by atoms with van der Waals surface area (Å²) >= 11 is 0. The lowest BCUT2D eigenvalue weighted by Gasteiger charge is -2.32. The van der Waals surface area contributed by atoms with Gasteiger partial charge in [-0.2, -0.15) is 0 Å². The SMILES string of the molecule is CCC.CCCCCc1ccc(C)c2c1CC(CC(CCC)C(CC)C(=O)CC(C)=O)CC2=O. The molecule has 0 amide bonds. The summed E-state index contributed by atoms with van der Waals surface area (Å²) in [6.07, 6.45) is 11.1. The van der Waals surface area contributed by atoms with Gasteiger partial charge in [0.25, 0.3) is 0 Å². The Morgan fingerprint density at radius 2 is 1.68 bits per heavy atom. The van der Waals surface area contributed by atoms with Gasteiger partial charge in [0.05, 0.1) is 6.42 Å². The standard InChI is InChI=1S/C28H42O3.C3H8/c1-6-9-10-12-22-14-13-19(4)28-25(22)17-21(18-27(28)31)16-23(11-7-2)24(8-3)26(30)15-20(5)29;1-3-2/h13-14,21,23-24H,6-12,15-18H2,1-5H3;3H2,1-2H3. The Morgan fingerprint density at radius 1 is 1.00 bits per heavy atom. The smallest absolute Gasteiger partial charge is 0.163 e. The molecule has 3 heteroatoms. The van der Waals surface area contributed by atoms with E-state index in [4.69, 9.17) is 0 Å². The van der Waals surface area contributed by atoms with Crippen LogP contribution in [-0.2, 0) is 22.4 Å². The van der Waals surface area contributed by atoms with Gasteiger partial charge in [-0.05, 0) is 74.5 Å². The van der Waals surface area contributed by atoms with E-state index in [2.05, 4.69) is 53.7 Å². The Hall–Kier alpha value is -1.77. The Balaban J connectivity index is 0.00000182. The summed E-state index contributed by atoms with van der Waals surface area (Å²) in [6, 6.07) is 4.35. The molecule has 0 aromatic heterocycles. The van der Waals surface area contributed by atoms with E-state index in [1.807, 2.05) is 0 Å². The maximum atomic E-state index is 13.1. The van der Waals surface area contributed by atoms with Gasteiger partial charge in [0.1, 0.15) is 11.6 Å². The van der Waals surface area contributed by atoms with Crippen molar-refractivity contribution in [1.82, 2.24) is 0 Å². The first-order valence-electron chi connectivity index (χ1n) is 13.9. The van der Waals surface area contributed by atoms with E-state index in [1.165, 1.54) is 43.7 Å². The number of aryl methyl sites for hydroxylation is 2. The van der Waals surface area contributed by atoms with E-state index in [0.29, 0.717) is 12.3 Å². The number of hydrogen-bond donors (Lipinski definition) is 0. The van der Waals surface area contributed by atoms with Gasteiger partial charge in [0, 0.05) is 17.9 Å². The average molecular weight is 471 g/mol. The fourth-order valence-electron chi connectivity index (χ4n) is 5.60. The molecule has 2 rings (SSSR count). The molecule has 3 atom stereocenters. The molecule has 0 saturated heterocycles. The number of Topliss-reactive ketones (excluding diaryl/α,β-unsaturated/α-hetero) is 3. The van der Waals surface area contributed by atoms with Crippen LogP contribution in [0.15, 0.2) is 12.1 Å². The van der Waals surface area contributed by atoms with Gasteiger partial charge in [0.2, 0.25) is 0 Å². The maximum Gasteiger partial charge on any atom is 0.163 e. The summed E-state index contributed by atoms with van der Waals surface area (Å²) in [5, 5.41) is 0. The molecule has 34 heavy (non-hydrogen) atoms. The topological polar surface area (TPSA) is 51.2 Å². The van der Waals surface area contributed by atoms with Crippen LogP contribution >= 0.6 is 0 Å². The van der Waals surface area contributed by atoms with Crippen LogP contribution in [0.2, 0.25) is 0 Å². The van der Waals surface area contributed by atoms with Crippen molar-refractivity contribution >= 4 is 17.3 Å². The first-order chi connectivity index (χ1) is 16.2. The van der Waals surface area contributed by atoms with Gasteiger partial charge < -0.3 is 0 Å². The van der Waals surface area contributed by atoms with Crippen molar-refractivity contribution in [3.05, 3.63) is 34.4 Å². The highest BCUT2D eigenvalue weighted by Gasteiger charge is 2.33. The number of rotatable bonds is 13. The molecule has 192 valence electrons. The van der Waals surface area contributed by atoms with E-state index in [1.54, 1.807) is 0 Å². The molecule has 1 aliphatic carbocycles. The molecule has 3 unspecified atom stereocenters. The molecule has 0 bridgehead atoms. The van der Waals surface area contributed by atoms with Crippen molar-refractivity contribution in [3.63, 3.8) is 0 Å². The van der Waals surface area contributed by atoms with E-state index in [-0.39, 0.29) is 35.6 Å². The Labute approximate surface area is 209 Å². The minimum atomic E-state index is -0.0677. The summed E-state index contributed by atoms with van der Waals surface area (Å²) < 4.78 is 0. The summed E-state index contributed by atoms with van der Waals surface area (Å²) in [7, 11) is 0. The summed E-state index contributed by atoms with van der Waals surface area (Å²) in [4.78, 5) is 37.4. The number of ketones is 3. The molecule has 0 fully saturated rings. The average Bonchev–Trinajstić information content (AvgIpc) is 2.76. The van der Waals surface area contributed by atoms with Gasteiger partial charge >= 0.3 is 0 Å². The van der Waals surface area contributed by atoms with Crippen LogP contribution in [0.4, 0.5) is 0 Å². The first-order valence-corrected chi connectivity index (χ1v) is 13.9. The van der Waals surface area contributed by atoms with Crippen molar-refractivity contribution in [2.45, 2.75) is 126 Å². The molecular formula is C31H50O3. The minimum absolute atomic E-state index is 0.0475. The number of carbonyl (C=O) groups excluding carboxylic acids is 3. The lowest BCUT2D eigenvalue weighted by molar-refractivity contribution is -0.129. The Bertz CT molecular complexity index is 792. The van der Waals surface area contributed by atoms with Crippen LogP contribution in [-0.4, -0.2) is 17.3 Å². The molecule has 3 nitrogen and oxygen atoms in total. The van der Waals surface area contributed by atoms with Crippen LogP contribution in [0.3, 0.4) is 0 Å². The number of unbranched alkanes of at least 4 members (excludes halogenated alkanes) is 2. The van der Waals surface area contributed by atoms with Gasteiger partial charge in [-0.3, -0.25) is 14.4 Å². The molecule has 1 aliphatic rings. The highest BCUT2D eigenvalue weighted by molar-refractivity contribution is 6.00. The zero-order chi connectivity index (χ0) is 25.7. The Kier molecular flexibility index (Phi) is 14.2. The van der Waals surface area contributed by atoms with Gasteiger partial charge in [0.15, 0.2) is 5.78 Å². The third kappa shape index (κ3) is 9.12. The second-order valence-electron chi connectivity index (χ2n) is 10.4. The second-order valence-corrected chi connectivity index (χ2v) is 10.4. The van der Waals surface area contributed by atoms with Crippen molar-refractivity contribution < 1.29 is 14.4 Å². The van der Waals surface area contributed by atoms with Gasteiger partial charge in [-0.15, -0.1) is 0 Å². The summed E-state index contributed by atoms with van der Waals surface area (Å²) in [6.45, 7) is 14.2. The van der Waals surface area contributed by atoms with E-state index < -0.39 is 0 Å². The van der Waals surface area contributed by atoms with E-state index in [0.717, 1.165) is 49.7 Å².